The zero-order valence-corrected chi connectivity index (χ0v) is 11.5. The zero-order chi connectivity index (χ0) is 11.4. The van der Waals surface area contributed by atoms with E-state index in [9.17, 15) is 4.79 Å². The summed E-state index contributed by atoms with van der Waals surface area (Å²) in [7, 11) is 0. The average molecular weight is 261 g/mol. The number of nitrogens with one attached hydrogen (secondary N) is 2. The summed E-state index contributed by atoms with van der Waals surface area (Å²) in [5, 5.41) is 6.57. The molecule has 2 aliphatic rings. The van der Waals surface area contributed by atoms with Crippen LogP contribution in [0.25, 0.3) is 0 Å². The molecule has 2 N–H and O–H groups in total. The van der Waals surface area contributed by atoms with E-state index < -0.39 is 0 Å². The zero-order valence-electron chi connectivity index (χ0n) is 10.7. The van der Waals surface area contributed by atoms with Crippen LogP contribution in [0.3, 0.4) is 0 Å². The largest absolute Gasteiger partial charge is 0.353 e. The minimum absolute atomic E-state index is 0. The maximum Gasteiger partial charge on any atom is 0.220 e. The van der Waals surface area contributed by atoms with Crippen molar-refractivity contribution in [3.63, 3.8) is 0 Å². The van der Waals surface area contributed by atoms with E-state index in [4.69, 9.17) is 0 Å². The third-order valence-corrected chi connectivity index (χ3v) is 4.13. The monoisotopic (exact) mass is 260 g/mol. The molecule has 1 aliphatic carbocycles. The normalized spacial score (nSPS) is 26.5. The molecule has 0 aromatic carbocycles. The second kappa shape index (κ2) is 7.22. The van der Waals surface area contributed by atoms with Crippen molar-refractivity contribution in [2.45, 2.75) is 51.5 Å². The van der Waals surface area contributed by atoms with Gasteiger partial charge in [-0.2, -0.15) is 0 Å². The number of hydrogen-bond acceptors (Lipinski definition) is 2. The fourth-order valence-electron chi connectivity index (χ4n) is 2.70. The molecule has 2 rings (SSSR count). The Bertz CT molecular complexity index is 238. The molecule has 0 radical (unpaired) electrons. The lowest BCUT2D eigenvalue weighted by atomic mass is 9.82. The highest BCUT2D eigenvalue weighted by Crippen LogP contribution is 2.29. The first kappa shape index (κ1) is 14.8. The summed E-state index contributed by atoms with van der Waals surface area (Å²) in [5.74, 6) is 1.57. The number of rotatable bonds is 4. The van der Waals surface area contributed by atoms with Gasteiger partial charge in [0.15, 0.2) is 0 Å². The molecule has 2 atom stereocenters. The van der Waals surface area contributed by atoms with Crippen molar-refractivity contribution >= 4 is 18.3 Å². The molecule has 0 aromatic heterocycles. The Balaban J connectivity index is 0.00000144. The molecular formula is C13H25ClN2O. The van der Waals surface area contributed by atoms with Crippen LogP contribution in [0, 0.1) is 11.8 Å². The first-order valence-corrected chi connectivity index (χ1v) is 6.76. The van der Waals surface area contributed by atoms with Crippen molar-refractivity contribution in [3.8, 4) is 0 Å². The molecule has 0 aromatic rings. The number of piperidine rings is 1. The molecule has 17 heavy (non-hydrogen) atoms. The van der Waals surface area contributed by atoms with Crippen LogP contribution in [0.2, 0.25) is 0 Å². The van der Waals surface area contributed by atoms with E-state index in [-0.39, 0.29) is 18.3 Å². The van der Waals surface area contributed by atoms with Gasteiger partial charge in [0.25, 0.3) is 0 Å². The highest BCUT2D eigenvalue weighted by molar-refractivity contribution is 5.85. The van der Waals surface area contributed by atoms with Gasteiger partial charge in [0.2, 0.25) is 5.91 Å². The lowest BCUT2D eigenvalue weighted by Crippen LogP contribution is -2.45. The van der Waals surface area contributed by atoms with E-state index in [1.807, 2.05) is 0 Å². The van der Waals surface area contributed by atoms with E-state index in [0.717, 1.165) is 19.5 Å². The molecule has 100 valence electrons. The fraction of sp³-hybridized carbons (Fsp3) is 0.923. The van der Waals surface area contributed by atoms with Gasteiger partial charge in [-0.05, 0) is 57.5 Å². The molecule has 1 saturated heterocycles. The quantitative estimate of drug-likeness (QED) is 0.813. The minimum atomic E-state index is 0. The number of amides is 1. The second-order valence-corrected chi connectivity index (χ2v) is 5.46. The maximum atomic E-state index is 11.8. The Morgan fingerprint density at radius 1 is 1.35 bits per heavy atom. The van der Waals surface area contributed by atoms with E-state index in [2.05, 4.69) is 17.6 Å². The second-order valence-electron chi connectivity index (χ2n) is 5.46. The predicted molar refractivity (Wildman–Crippen MR) is 72.4 cm³/mol. The van der Waals surface area contributed by atoms with Gasteiger partial charge < -0.3 is 10.6 Å². The van der Waals surface area contributed by atoms with Crippen molar-refractivity contribution < 1.29 is 4.79 Å². The summed E-state index contributed by atoms with van der Waals surface area (Å²) in [6.07, 6.45) is 7.08. The van der Waals surface area contributed by atoms with Crippen LogP contribution in [0.1, 0.15) is 45.4 Å². The Morgan fingerprint density at radius 3 is 2.65 bits per heavy atom. The van der Waals surface area contributed by atoms with Gasteiger partial charge >= 0.3 is 0 Å². The molecule has 1 heterocycles. The van der Waals surface area contributed by atoms with Crippen LogP contribution < -0.4 is 10.6 Å². The van der Waals surface area contributed by atoms with Gasteiger partial charge in [-0.1, -0.05) is 6.42 Å². The predicted octanol–water partition coefficient (Wildman–Crippen LogP) is 2.10. The van der Waals surface area contributed by atoms with Crippen LogP contribution in [-0.4, -0.2) is 25.0 Å². The number of carbonyl (C=O) groups excluding carboxylic acids is 1. The number of hydrogen-bond donors (Lipinski definition) is 2. The Labute approximate surface area is 111 Å². The van der Waals surface area contributed by atoms with Gasteiger partial charge in [0.05, 0.1) is 0 Å². The Morgan fingerprint density at radius 2 is 2.12 bits per heavy atom. The summed E-state index contributed by atoms with van der Waals surface area (Å²) < 4.78 is 0. The van der Waals surface area contributed by atoms with Crippen molar-refractivity contribution in [2.75, 3.05) is 13.1 Å². The highest BCUT2D eigenvalue weighted by atomic mass is 35.5. The Kier molecular flexibility index (Phi) is 6.28. The van der Waals surface area contributed by atoms with Crippen molar-refractivity contribution in [1.29, 1.82) is 0 Å². The standard InChI is InChI=1S/C13H24N2O.ClH/c1-10(12-6-3-7-14-9-12)15-13(16)8-11-4-2-5-11;/h10-12,14H,2-9H2,1H3,(H,15,16);1H. The van der Waals surface area contributed by atoms with E-state index >= 15 is 0 Å². The third kappa shape index (κ3) is 4.47. The molecule has 1 amide bonds. The van der Waals surface area contributed by atoms with Crippen molar-refractivity contribution in [3.05, 3.63) is 0 Å². The van der Waals surface area contributed by atoms with Gasteiger partial charge in [-0.3, -0.25) is 4.79 Å². The number of halogens is 1. The van der Waals surface area contributed by atoms with Gasteiger partial charge in [0.1, 0.15) is 0 Å². The maximum absolute atomic E-state index is 11.8. The molecular weight excluding hydrogens is 236 g/mol. The highest BCUT2D eigenvalue weighted by Gasteiger charge is 2.24. The summed E-state index contributed by atoms with van der Waals surface area (Å²) in [6, 6.07) is 0.334. The lowest BCUT2D eigenvalue weighted by molar-refractivity contribution is -0.123. The van der Waals surface area contributed by atoms with E-state index in [1.165, 1.54) is 32.1 Å². The van der Waals surface area contributed by atoms with Gasteiger partial charge in [-0.25, -0.2) is 0 Å². The fourth-order valence-corrected chi connectivity index (χ4v) is 2.70. The topological polar surface area (TPSA) is 41.1 Å². The van der Waals surface area contributed by atoms with E-state index in [0.29, 0.717) is 17.9 Å². The van der Waals surface area contributed by atoms with Crippen molar-refractivity contribution in [1.82, 2.24) is 10.6 Å². The molecule has 0 spiro atoms. The SMILES string of the molecule is CC(NC(=O)CC1CCC1)C1CCCNC1.Cl. The summed E-state index contributed by atoms with van der Waals surface area (Å²) >= 11 is 0. The van der Waals surface area contributed by atoms with Crippen LogP contribution in [-0.2, 0) is 4.79 Å². The van der Waals surface area contributed by atoms with Crippen LogP contribution in [0.4, 0.5) is 0 Å². The Hall–Kier alpha value is -0.280. The average Bonchev–Trinajstić information content (AvgIpc) is 2.25. The molecule has 3 nitrogen and oxygen atoms in total. The molecule has 0 bridgehead atoms. The van der Waals surface area contributed by atoms with Gasteiger partial charge in [0, 0.05) is 12.5 Å². The molecule has 4 heteroatoms. The molecule has 1 saturated carbocycles. The van der Waals surface area contributed by atoms with Crippen molar-refractivity contribution in [2.24, 2.45) is 11.8 Å². The smallest absolute Gasteiger partial charge is 0.220 e. The van der Waals surface area contributed by atoms with E-state index in [1.54, 1.807) is 0 Å². The number of carbonyl (C=O) groups is 1. The first-order chi connectivity index (χ1) is 7.75. The third-order valence-electron chi connectivity index (χ3n) is 4.13. The summed E-state index contributed by atoms with van der Waals surface area (Å²) in [4.78, 5) is 11.8. The minimum Gasteiger partial charge on any atom is -0.353 e. The van der Waals surface area contributed by atoms with Gasteiger partial charge in [-0.15, -0.1) is 12.4 Å². The molecule has 2 fully saturated rings. The van der Waals surface area contributed by atoms with Crippen LogP contribution >= 0.6 is 12.4 Å². The van der Waals surface area contributed by atoms with Crippen LogP contribution in [0.5, 0.6) is 0 Å². The molecule has 2 unspecified atom stereocenters. The lowest BCUT2D eigenvalue weighted by Gasteiger charge is -2.30. The first-order valence-electron chi connectivity index (χ1n) is 6.76. The summed E-state index contributed by atoms with van der Waals surface area (Å²) in [6.45, 7) is 4.35. The van der Waals surface area contributed by atoms with Crippen LogP contribution in [0.15, 0.2) is 0 Å². The molecule has 1 aliphatic heterocycles. The summed E-state index contributed by atoms with van der Waals surface area (Å²) in [5.41, 5.74) is 0.